The zero-order valence-corrected chi connectivity index (χ0v) is 17.8. The smallest absolute Gasteiger partial charge is 0.241 e. The van der Waals surface area contributed by atoms with Crippen LogP contribution >= 0.6 is 0 Å². The summed E-state index contributed by atoms with van der Waals surface area (Å²) in [6.45, 7) is 8.98. The predicted molar refractivity (Wildman–Crippen MR) is 113 cm³/mol. The van der Waals surface area contributed by atoms with Crippen molar-refractivity contribution in [3.8, 4) is 0 Å². The number of hydrogen-bond acceptors (Lipinski definition) is 7. The monoisotopic (exact) mass is 413 g/mol. The van der Waals surface area contributed by atoms with Crippen molar-refractivity contribution < 1.29 is 9.53 Å². The molecule has 1 aromatic heterocycles. The molecular weight excluding hydrogens is 382 g/mol. The number of morpholine rings is 1. The molecule has 2 aromatic rings. The van der Waals surface area contributed by atoms with Crippen LogP contribution in [0.1, 0.15) is 31.7 Å². The number of fused-ring (bicyclic) bond motifs is 1. The Morgan fingerprint density at radius 2 is 2.03 bits per heavy atom. The van der Waals surface area contributed by atoms with Crippen LogP contribution in [0.4, 0.5) is 5.69 Å². The van der Waals surface area contributed by atoms with E-state index in [1.807, 2.05) is 0 Å². The van der Waals surface area contributed by atoms with E-state index < -0.39 is 0 Å². The number of nitrogens with one attached hydrogen (secondary N) is 1. The van der Waals surface area contributed by atoms with E-state index in [9.17, 15) is 4.79 Å². The lowest BCUT2D eigenvalue weighted by atomic mass is 10.0. The Bertz CT molecular complexity index is 845. The van der Waals surface area contributed by atoms with Crippen molar-refractivity contribution in [2.45, 2.75) is 52.0 Å². The van der Waals surface area contributed by atoms with E-state index in [0.717, 1.165) is 39.0 Å². The molecule has 3 heterocycles. The van der Waals surface area contributed by atoms with Gasteiger partial charge in [-0.15, -0.1) is 5.10 Å². The molecule has 2 aliphatic rings. The molecule has 0 bridgehead atoms. The number of ether oxygens (including phenoxy) is 1. The van der Waals surface area contributed by atoms with E-state index in [1.165, 1.54) is 11.3 Å². The highest BCUT2D eigenvalue weighted by Gasteiger charge is 2.24. The highest BCUT2D eigenvalue weighted by Crippen LogP contribution is 2.25. The molecule has 0 spiro atoms. The summed E-state index contributed by atoms with van der Waals surface area (Å²) in [5.41, 5.74) is 2.68. The normalized spacial score (nSPS) is 22.0. The van der Waals surface area contributed by atoms with E-state index in [2.05, 4.69) is 68.8 Å². The lowest BCUT2D eigenvalue weighted by Gasteiger charge is -2.34. The SMILES string of the molecule is C[C@@H]1CN(Cc2nnnn2CC(=O)NCCN2CCCc3ccccc32)C[C@H](C)O1. The summed E-state index contributed by atoms with van der Waals surface area (Å²) in [5, 5.41) is 14.9. The van der Waals surface area contributed by atoms with Gasteiger partial charge in [0.25, 0.3) is 0 Å². The summed E-state index contributed by atoms with van der Waals surface area (Å²) in [5.74, 6) is 0.633. The molecule has 30 heavy (non-hydrogen) atoms. The number of nitrogens with zero attached hydrogens (tertiary/aromatic N) is 6. The fourth-order valence-corrected chi connectivity index (χ4v) is 4.44. The fourth-order valence-electron chi connectivity index (χ4n) is 4.44. The summed E-state index contributed by atoms with van der Waals surface area (Å²) in [4.78, 5) is 17.1. The maximum absolute atomic E-state index is 12.5. The summed E-state index contributed by atoms with van der Waals surface area (Å²) < 4.78 is 7.37. The van der Waals surface area contributed by atoms with Crippen molar-refractivity contribution in [3.05, 3.63) is 35.7 Å². The van der Waals surface area contributed by atoms with Crippen LogP contribution < -0.4 is 10.2 Å². The van der Waals surface area contributed by atoms with Gasteiger partial charge in [-0.3, -0.25) is 9.69 Å². The molecule has 162 valence electrons. The second-order valence-electron chi connectivity index (χ2n) is 8.27. The maximum atomic E-state index is 12.5. The molecule has 0 unspecified atom stereocenters. The van der Waals surface area contributed by atoms with Gasteiger partial charge in [-0.2, -0.15) is 0 Å². The third-order valence-electron chi connectivity index (χ3n) is 5.67. The summed E-state index contributed by atoms with van der Waals surface area (Å²) in [7, 11) is 0. The molecule has 1 amide bonds. The number of aromatic nitrogens is 4. The van der Waals surface area contributed by atoms with Gasteiger partial charge in [0.1, 0.15) is 6.54 Å². The zero-order valence-electron chi connectivity index (χ0n) is 17.8. The van der Waals surface area contributed by atoms with Gasteiger partial charge in [0.2, 0.25) is 5.91 Å². The van der Waals surface area contributed by atoms with Crippen molar-refractivity contribution in [2.75, 3.05) is 37.6 Å². The van der Waals surface area contributed by atoms with E-state index in [0.29, 0.717) is 18.9 Å². The Morgan fingerprint density at radius 3 is 2.87 bits per heavy atom. The van der Waals surface area contributed by atoms with Crippen molar-refractivity contribution in [2.24, 2.45) is 0 Å². The second-order valence-corrected chi connectivity index (χ2v) is 8.27. The molecule has 1 aromatic carbocycles. The number of carbonyl (C=O) groups excluding carboxylic acids is 1. The molecule has 1 saturated heterocycles. The Kier molecular flexibility index (Phi) is 6.59. The third-order valence-corrected chi connectivity index (χ3v) is 5.67. The van der Waals surface area contributed by atoms with Crippen LogP contribution in [0.5, 0.6) is 0 Å². The van der Waals surface area contributed by atoms with Gasteiger partial charge < -0.3 is 15.0 Å². The van der Waals surface area contributed by atoms with Crippen LogP contribution in [0, 0.1) is 0 Å². The van der Waals surface area contributed by atoms with Gasteiger partial charge in [-0.05, 0) is 48.7 Å². The molecule has 0 aliphatic carbocycles. The van der Waals surface area contributed by atoms with Gasteiger partial charge in [-0.1, -0.05) is 18.2 Å². The lowest BCUT2D eigenvalue weighted by molar-refractivity contribution is -0.121. The first-order valence-electron chi connectivity index (χ1n) is 10.8. The first-order valence-corrected chi connectivity index (χ1v) is 10.8. The minimum atomic E-state index is -0.0717. The van der Waals surface area contributed by atoms with Crippen molar-refractivity contribution in [1.29, 1.82) is 0 Å². The molecule has 0 saturated carbocycles. The van der Waals surface area contributed by atoms with Crippen LogP contribution in [0.15, 0.2) is 24.3 Å². The quantitative estimate of drug-likeness (QED) is 0.720. The maximum Gasteiger partial charge on any atom is 0.241 e. The predicted octanol–water partition coefficient (Wildman–Crippen LogP) is 0.851. The molecule has 0 radical (unpaired) electrons. The number of hydrogen-bond donors (Lipinski definition) is 1. The summed E-state index contributed by atoms with van der Waals surface area (Å²) >= 11 is 0. The topological polar surface area (TPSA) is 88.4 Å². The molecule has 2 atom stereocenters. The molecule has 9 nitrogen and oxygen atoms in total. The molecular formula is C21H31N7O2. The van der Waals surface area contributed by atoms with Crippen LogP contribution in [0.25, 0.3) is 0 Å². The van der Waals surface area contributed by atoms with E-state index in [-0.39, 0.29) is 24.7 Å². The van der Waals surface area contributed by atoms with E-state index >= 15 is 0 Å². The van der Waals surface area contributed by atoms with Crippen LogP contribution in [-0.2, 0) is 29.0 Å². The summed E-state index contributed by atoms with van der Waals surface area (Å²) in [6.07, 6.45) is 2.64. The highest BCUT2D eigenvalue weighted by atomic mass is 16.5. The number of benzene rings is 1. The third kappa shape index (κ3) is 5.14. The minimum absolute atomic E-state index is 0.0717. The van der Waals surface area contributed by atoms with Gasteiger partial charge in [0, 0.05) is 38.4 Å². The second kappa shape index (κ2) is 9.53. The van der Waals surface area contributed by atoms with E-state index in [4.69, 9.17) is 4.74 Å². The number of tetrazole rings is 1. The number of anilines is 1. The number of carbonyl (C=O) groups is 1. The Hall–Kier alpha value is -2.52. The number of rotatable bonds is 7. The fraction of sp³-hybridized carbons (Fsp3) is 0.619. The Morgan fingerprint density at radius 1 is 1.23 bits per heavy atom. The first-order chi connectivity index (χ1) is 14.6. The molecule has 9 heteroatoms. The average Bonchev–Trinajstić information content (AvgIpc) is 3.14. The van der Waals surface area contributed by atoms with E-state index in [1.54, 1.807) is 4.68 Å². The highest BCUT2D eigenvalue weighted by molar-refractivity contribution is 5.75. The van der Waals surface area contributed by atoms with Crippen LogP contribution in [0.3, 0.4) is 0 Å². The van der Waals surface area contributed by atoms with Gasteiger partial charge in [0.05, 0.1) is 18.8 Å². The average molecular weight is 414 g/mol. The molecule has 2 aliphatic heterocycles. The molecule has 1 N–H and O–H groups in total. The Labute approximate surface area is 177 Å². The lowest BCUT2D eigenvalue weighted by Crippen LogP contribution is -2.45. The number of amides is 1. The number of aryl methyl sites for hydroxylation is 1. The van der Waals surface area contributed by atoms with Crippen molar-refractivity contribution >= 4 is 11.6 Å². The zero-order chi connectivity index (χ0) is 20.9. The minimum Gasteiger partial charge on any atom is -0.373 e. The van der Waals surface area contributed by atoms with Gasteiger partial charge in [0.15, 0.2) is 5.82 Å². The van der Waals surface area contributed by atoms with Crippen LogP contribution in [0.2, 0.25) is 0 Å². The molecule has 1 fully saturated rings. The first kappa shape index (κ1) is 20.7. The van der Waals surface area contributed by atoms with Crippen LogP contribution in [-0.4, -0.2) is 75.9 Å². The van der Waals surface area contributed by atoms with Gasteiger partial charge in [-0.25, -0.2) is 4.68 Å². The standard InChI is InChI=1S/C21H31N7O2/c1-16-12-26(13-17(2)30-16)14-20-23-24-25-28(20)15-21(29)22-9-11-27-10-5-7-18-6-3-4-8-19(18)27/h3-4,6,8,16-17H,5,7,9-15H2,1-2H3,(H,22,29)/t16-,17+. The largest absolute Gasteiger partial charge is 0.373 e. The number of para-hydroxylation sites is 1. The van der Waals surface area contributed by atoms with Crippen molar-refractivity contribution in [3.63, 3.8) is 0 Å². The Balaban J connectivity index is 1.26. The molecule has 4 rings (SSSR count). The van der Waals surface area contributed by atoms with Gasteiger partial charge >= 0.3 is 0 Å². The summed E-state index contributed by atoms with van der Waals surface area (Å²) in [6, 6.07) is 8.52. The van der Waals surface area contributed by atoms with Crippen molar-refractivity contribution in [1.82, 2.24) is 30.4 Å².